The van der Waals surface area contributed by atoms with E-state index in [9.17, 15) is 0 Å². The van der Waals surface area contributed by atoms with E-state index in [1.165, 1.54) is 5.56 Å². The summed E-state index contributed by atoms with van der Waals surface area (Å²) in [5, 5.41) is 4.47. The molecule has 0 atom stereocenters. The molecule has 2 aromatic heterocycles. The maximum absolute atomic E-state index is 5.85. The number of benzene rings is 1. The van der Waals surface area contributed by atoms with Gasteiger partial charge >= 0.3 is 0 Å². The first-order valence-corrected chi connectivity index (χ1v) is 5.42. The molecule has 0 saturated heterocycles. The second-order valence-corrected chi connectivity index (χ2v) is 3.98. The van der Waals surface area contributed by atoms with E-state index in [1.807, 2.05) is 24.3 Å². The van der Waals surface area contributed by atoms with Crippen molar-refractivity contribution in [2.75, 3.05) is 5.73 Å². The van der Waals surface area contributed by atoms with Crippen molar-refractivity contribution in [2.45, 2.75) is 6.92 Å². The minimum Gasteiger partial charge on any atom is -0.384 e. The molecule has 0 aliphatic heterocycles. The molecular formula is C13H12N4. The van der Waals surface area contributed by atoms with Crippen LogP contribution < -0.4 is 5.73 Å². The second-order valence-electron chi connectivity index (χ2n) is 3.98. The first kappa shape index (κ1) is 9.84. The van der Waals surface area contributed by atoms with Gasteiger partial charge in [0.15, 0.2) is 5.65 Å². The van der Waals surface area contributed by atoms with Gasteiger partial charge in [0, 0.05) is 17.8 Å². The third kappa shape index (κ3) is 1.54. The fourth-order valence-electron chi connectivity index (χ4n) is 1.91. The quantitative estimate of drug-likeness (QED) is 0.690. The smallest absolute Gasteiger partial charge is 0.157 e. The normalized spacial score (nSPS) is 10.9. The third-order valence-electron chi connectivity index (χ3n) is 2.81. The van der Waals surface area contributed by atoms with Crippen molar-refractivity contribution >= 4 is 11.5 Å². The van der Waals surface area contributed by atoms with E-state index in [2.05, 4.69) is 23.1 Å². The Hall–Kier alpha value is -2.36. The molecule has 2 N–H and O–H groups in total. The largest absolute Gasteiger partial charge is 0.384 e. The van der Waals surface area contributed by atoms with Gasteiger partial charge < -0.3 is 5.73 Å². The Morgan fingerprint density at radius 1 is 1.18 bits per heavy atom. The molecule has 3 aromatic rings. The van der Waals surface area contributed by atoms with Crippen LogP contribution in [0.5, 0.6) is 0 Å². The summed E-state index contributed by atoms with van der Waals surface area (Å²) in [7, 11) is 0. The molecule has 4 nitrogen and oxygen atoms in total. The number of nitrogens with zero attached hydrogens (tertiary/aromatic N) is 3. The van der Waals surface area contributed by atoms with E-state index in [1.54, 1.807) is 16.8 Å². The minimum absolute atomic E-state index is 0.592. The molecule has 0 aliphatic carbocycles. The van der Waals surface area contributed by atoms with E-state index in [0.717, 1.165) is 16.9 Å². The van der Waals surface area contributed by atoms with Crippen LogP contribution in [0.2, 0.25) is 0 Å². The highest BCUT2D eigenvalue weighted by Crippen LogP contribution is 2.23. The van der Waals surface area contributed by atoms with E-state index < -0.39 is 0 Å². The molecule has 17 heavy (non-hydrogen) atoms. The molecule has 0 unspecified atom stereocenters. The lowest BCUT2D eigenvalue weighted by atomic mass is 10.1. The number of nitrogens with two attached hydrogens (primary N) is 1. The molecule has 2 heterocycles. The zero-order chi connectivity index (χ0) is 11.8. The highest BCUT2D eigenvalue weighted by Gasteiger charge is 2.08. The SMILES string of the molecule is Cc1ccccc1-c1cc2nccc(N)n2n1. The average molecular weight is 224 g/mol. The Bertz CT molecular complexity index is 685. The summed E-state index contributed by atoms with van der Waals surface area (Å²) in [4.78, 5) is 4.24. The molecule has 0 amide bonds. The van der Waals surface area contributed by atoms with Crippen molar-refractivity contribution in [1.82, 2.24) is 14.6 Å². The molecule has 4 heteroatoms. The number of anilines is 1. The topological polar surface area (TPSA) is 56.2 Å². The summed E-state index contributed by atoms with van der Waals surface area (Å²) >= 11 is 0. The summed E-state index contributed by atoms with van der Waals surface area (Å²) in [5.74, 6) is 0.592. The van der Waals surface area contributed by atoms with Crippen molar-refractivity contribution in [1.29, 1.82) is 0 Å². The number of hydrogen-bond acceptors (Lipinski definition) is 3. The lowest BCUT2D eigenvalue weighted by Crippen LogP contribution is -1.98. The summed E-state index contributed by atoms with van der Waals surface area (Å²) in [5.41, 5.74) is 9.81. The van der Waals surface area contributed by atoms with Crippen LogP contribution in [0.4, 0.5) is 5.82 Å². The molecule has 0 bridgehead atoms. The van der Waals surface area contributed by atoms with Gasteiger partial charge in [0.1, 0.15) is 5.82 Å². The van der Waals surface area contributed by atoms with Gasteiger partial charge in [-0.2, -0.15) is 9.61 Å². The molecular weight excluding hydrogens is 212 g/mol. The molecule has 1 aromatic carbocycles. The van der Waals surface area contributed by atoms with Gasteiger partial charge in [-0.05, 0) is 18.6 Å². The van der Waals surface area contributed by atoms with E-state index in [-0.39, 0.29) is 0 Å². The number of hydrogen-bond donors (Lipinski definition) is 1. The fourth-order valence-corrected chi connectivity index (χ4v) is 1.91. The summed E-state index contributed by atoms with van der Waals surface area (Å²) in [6.07, 6.45) is 1.69. The lowest BCUT2D eigenvalue weighted by molar-refractivity contribution is 0.955. The summed E-state index contributed by atoms with van der Waals surface area (Å²) < 4.78 is 1.65. The van der Waals surface area contributed by atoms with Crippen LogP contribution in [0.1, 0.15) is 5.56 Å². The summed E-state index contributed by atoms with van der Waals surface area (Å²) in [6.45, 7) is 2.07. The lowest BCUT2D eigenvalue weighted by Gasteiger charge is -2.00. The number of aromatic nitrogens is 3. The molecule has 0 saturated carbocycles. The first-order valence-electron chi connectivity index (χ1n) is 5.42. The standard InChI is InChI=1S/C13H12N4/c1-9-4-2-3-5-10(9)11-8-13-15-7-6-12(14)17(13)16-11/h2-8H,14H2,1H3. The molecule has 0 spiro atoms. The van der Waals surface area contributed by atoms with Gasteiger partial charge in [0.25, 0.3) is 0 Å². The second kappa shape index (κ2) is 3.59. The van der Waals surface area contributed by atoms with Gasteiger partial charge in [-0.3, -0.25) is 0 Å². The van der Waals surface area contributed by atoms with E-state index in [0.29, 0.717) is 5.82 Å². The molecule has 3 rings (SSSR count). The predicted octanol–water partition coefficient (Wildman–Crippen LogP) is 2.29. The molecule has 84 valence electrons. The zero-order valence-corrected chi connectivity index (χ0v) is 9.46. The van der Waals surface area contributed by atoms with Crippen molar-refractivity contribution in [3.05, 3.63) is 48.2 Å². The highest BCUT2D eigenvalue weighted by atomic mass is 15.3. The molecule has 0 radical (unpaired) electrons. The Morgan fingerprint density at radius 3 is 2.76 bits per heavy atom. The van der Waals surface area contributed by atoms with Crippen molar-refractivity contribution < 1.29 is 0 Å². The Labute approximate surface area is 98.7 Å². The van der Waals surface area contributed by atoms with Crippen LogP contribution in [-0.4, -0.2) is 14.6 Å². The van der Waals surface area contributed by atoms with Gasteiger partial charge in [0.05, 0.1) is 5.69 Å². The van der Waals surface area contributed by atoms with Crippen molar-refractivity contribution in [3.63, 3.8) is 0 Å². The molecule has 0 fully saturated rings. The third-order valence-corrected chi connectivity index (χ3v) is 2.81. The van der Waals surface area contributed by atoms with E-state index in [4.69, 9.17) is 5.73 Å². The summed E-state index contributed by atoms with van der Waals surface area (Å²) in [6, 6.07) is 11.8. The van der Waals surface area contributed by atoms with Crippen LogP contribution in [-0.2, 0) is 0 Å². The Balaban J connectivity index is 2.26. The Morgan fingerprint density at radius 2 is 2.00 bits per heavy atom. The first-order chi connectivity index (χ1) is 8.25. The van der Waals surface area contributed by atoms with Gasteiger partial charge in [-0.25, -0.2) is 4.98 Å². The molecule has 0 aliphatic rings. The monoisotopic (exact) mass is 224 g/mol. The predicted molar refractivity (Wildman–Crippen MR) is 67.6 cm³/mol. The number of rotatable bonds is 1. The minimum atomic E-state index is 0.592. The van der Waals surface area contributed by atoms with Crippen LogP contribution in [0.3, 0.4) is 0 Å². The van der Waals surface area contributed by atoms with E-state index >= 15 is 0 Å². The zero-order valence-electron chi connectivity index (χ0n) is 9.46. The van der Waals surface area contributed by atoms with Crippen molar-refractivity contribution in [3.8, 4) is 11.3 Å². The number of fused-ring (bicyclic) bond motifs is 1. The average Bonchev–Trinajstić information content (AvgIpc) is 2.75. The van der Waals surface area contributed by atoms with Crippen LogP contribution in [0.15, 0.2) is 42.6 Å². The fraction of sp³-hybridized carbons (Fsp3) is 0.0769. The maximum atomic E-state index is 5.85. The Kier molecular flexibility index (Phi) is 2.08. The van der Waals surface area contributed by atoms with Crippen molar-refractivity contribution in [2.24, 2.45) is 0 Å². The van der Waals surface area contributed by atoms with Gasteiger partial charge in [-0.15, -0.1) is 0 Å². The number of nitrogen functional groups attached to an aromatic ring is 1. The van der Waals surface area contributed by atoms with Crippen LogP contribution in [0, 0.1) is 6.92 Å². The van der Waals surface area contributed by atoms with Crippen LogP contribution >= 0.6 is 0 Å². The van der Waals surface area contributed by atoms with Gasteiger partial charge in [0.2, 0.25) is 0 Å². The maximum Gasteiger partial charge on any atom is 0.157 e. The number of aryl methyl sites for hydroxylation is 1. The van der Waals surface area contributed by atoms with Crippen LogP contribution in [0.25, 0.3) is 16.9 Å². The highest BCUT2D eigenvalue weighted by molar-refractivity contribution is 5.67. The van der Waals surface area contributed by atoms with Gasteiger partial charge in [-0.1, -0.05) is 24.3 Å².